The third-order valence-electron chi connectivity index (χ3n) is 4.05. The second-order valence-corrected chi connectivity index (χ2v) is 6.37. The van der Waals surface area contributed by atoms with Gasteiger partial charge in [0.25, 0.3) is 0 Å². The largest absolute Gasteiger partial charge is 0.338 e. The van der Waals surface area contributed by atoms with E-state index in [1.807, 2.05) is 0 Å². The third kappa shape index (κ3) is 3.24. The molecule has 2 aromatic rings. The van der Waals surface area contributed by atoms with Gasteiger partial charge < -0.3 is 10.2 Å². The Morgan fingerprint density at radius 2 is 2.30 bits per heavy atom. The number of anilines is 1. The fraction of sp³-hybridized carbons (Fsp3) is 0.312. The van der Waals surface area contributed by atoms with Crippen molar-refractivity contribution in [2.45, 2.75) is 18.9 Å². The van der Waals surface area contributed by atoms with Gasteiger partial charge in [-0.25, -0.2) is 9.37 Å². The zero-order chi connectivity index (χ0) is 16.4. The third-order valence-corrected chi connectivity index (χ3v) is 4.74. The van der Waals surface area contributed by atoms with Crippen molar-refractivity contribution in [3.63, 3.8) is 0 Å². The topological polar surface area (TPSA) is 62.3 Å². The predicted molar refractivity (Wildman–Crippen MR) is 85.4 cm³/mol. The maximum atomic E-state index is 13.6. The number of rotatable bonds is 3. The van der Waals surface area contributed by atoms with Gasteiger partial charge >= 0.3 is 0 Å². The van der Waals surface area contributed by atoms with Crippen molar-refractivity contribution in [1.82, 2.24) is 9.88 Å². The number of thiazole rings is 1. The second-order valence-electron chi connectivity index (χ2n) is 5.48. The summed E-state index contributed by atoms with van der Waals surface area (Å²) in [4.78, 5) is 30.2. The molecule has 1 fully saturated rings. The molecule has 0 spiro atoms. The number of halogens is 1. The molecule has 1 aromatic heterocycles. The number of carbonyl (C=O) groups excluding carboxylic acids is 2. The molecule has 1 aliphatic rings. The minimum Gasteiger partial charge on any atom is -0.338 e. The highest BCUT2D eigenvalue weighted by Gasteiger charge is 2.39. The average molecular weight is 333 g/mol. The minimum atomic E-state index is -0.480. The Balaban J connectivity index is 1.89. The van der Waals surface area contributed by atoms with Crippen LogP contribution in [0.3, 0.4) is 0 Å². The molecule has 1 aliphatic heterocycles. The molecule has 2 heterocycles. The molecule has 2 amide bonds. The Labute approximate surface area is 137 Å². The number of amides is 2. The molecule has 2 atom stereocenters. The van der Waals surface area contributed by atoms with Gasteiger partial charge in [0.15, 0.2) is 5.13 Å². The van der Waals surface area contributed by atoms with Gasteiger partial charge in [-0.1, -0.05) is 12.1 Å². The number of hydrogen-bond donors (Lipinski definition) is 1. The van der Waals surface area contributed by atoms with Crippen LogP contribution in [0, 0.1) is 11.7 Å². The maximum absolute atomic E-state index is 13.6. The molecule has 0 aliphatic carbocycles. The van der Waals surface area contributed by atoms with E-state index in [-0.39, 0.29) is 17.6 Å². The molecule has 0 radical (unpaired) electrons. The van der Waals surface area contributed by atoms with Crippen molar-refractivity contribution in [2.24, 2.45) is 5.92 Å². The van der Waals surface area contributed by atoms with Crippen LogP contribution in [-0.2, 0) is 9.59 Å². The molecule has 5 nitrogen and oxygen atoms in total. The SMILES string of the molecule is CN1C(=O)CC[C@@H](C(=O)Nc2nccs2)[C@H]1c1cccc(F)c1. The van der Waals surface area contributed by atoms with Crippen LogP contribution in [0.5, 0.6) is 0 Å². The van der Waals surface area contributed by atoms with Crippen LogP contribution in [0.1, 0.15) is 24.4 Å². The summed E-state index contributed by atoms with van der Waals surface area (Å²) >= 11 is 1.33. The molecular weight excluding hydrogens is 317 g/mol. The molecule has 1 aromatic carbocycles. The van der Waals surface area contributed by atoms with Gasteiger partial charge in [0.1, 0.15) is 5.82 Å². The number of piperidine rings is 1. The first-order chi connectivity index (χ1) is 11.1. The normalized spacial score (nSPS) is 21.3. The van der Waals surface area contributed by atoms with Crippen molar-refractivity contribution in [1.29, 1.82) is 0 Å². The van der Waals surface area contributed by atoms with Crippen molar-refractivity contribution in [3.8, 4) is 0 Å². The van der Waals surface area contributed by atoms with E-state index >= 15 is 0 Å². The molecule has 3 rings (SSSR count). The molecule has 0 saturated carbocycles. The number of aromatic nitrogens is 1. The highest BCUT2D eigenvalue weighted by Crippen LogP contribution is 2.36. The van der Waals surface area contributed by atoms with Gasteiger partial charge in [-0.3, -0.25) is 9.59 Å². The quantitative estimate of drug-likeness (QED) is 0.939. The van der Waals surface area contributed by atoms with E-state index in [9.17, 15) is 14.0 Å². The molecule has 1 saturated heterocycles. The highest BCUT2D eigenvalue weighted by atomic mass is 32.1. The summed E-state index contributed by atoms with van der Waals surface area (Å²) in [5.41, 5.74) is 0.625. The van der Waals surface area contributed by atoms with Crippen molar-refractivity contribution >= 4 is 28.3 Å². The van der Waals surface area contributed by atoms with Crippen LogP contribution in [0.2, 0.25) is 0 Å². The summed E-state index contributed by atoms with van der Waals surface area (Å²) in [6, 6.07) is 5.58. The Morgan fingerprint density at radius 1 is 1.48 bits per heavy atom. The van der Waals surface area contributed by atoms with Crippen molar-refractivity contribution in [2.75, 3.05) is 12.4 Å². The lowest BCUT2D eigenvalue weighted by atomic mass is 9.84. The molecule has 0 unspecified atom stereocenters. The van der Waals surface area contributed by atoms with E-state index in [4.69, 9.17) is 0 Å². The van der Waals surface area contributed by atoms with Crippen molar-refractivity contribution in [3.05, 3.63) is 47.2 Å². The number of likely N-dealkylation sites (tertiary alicyclic amines) is 1. The Hall–Kier alpha value is -2.28. The van der Waals surface area contributed by atoms with Gasteiger partial charge in [0, 0.05) is 25.0 Å². The fourth-order valence-corrected chi connectivity index (χ4v) is 3.47. The number of nitrogens with zero attached hydrogens (tertiary/aromatic N) is 2. The second kappa shape index (κ2) is 6.45. The van der Waals surface area contributed by atoms with Gasteiger partial charge in [-0.2, -0.15) is 0 Å². The minimum absolute atomic E-state index is 0.0439. The van der Waals surface area contributed by atoms with Gasteiger partial charge in [0.05, 0.1) is 12.0 Å². The summed E-state index contributed by atoms with van der Waals surface area (Å²) in [5.74, 6) is -1.07. The van der Waals surface area contributed by atoms with Gasteiger partial charge in [-0.15, -0.1) is 11.3 Å². The van der Waals surface area contributed by atoms with Gasteiger partial charge in [-0.05, 0) is 24.1 Å². The zero-order valence-electron chi connectivity index (χ0n) is 12.5. The van der Waals surface area contributed by atoms with Crippen LogP contribution in [-0.4, -0.2) is 28.7 Å². The van der Waals surface area contributed by atoms with E-state index < -0.39 is 12.0 Å². The number of nitrogens with one attached hydrogen (secondary N) is 1. The first-order valence-corrected chi connectivity index (χ1v) is 8.15. The summed E-state index contributed by atoms with van der Waals surface area (Å²) < 4.78 is 13.6. The molecule has 120 valence electrons. The van der Waals surface area contributed by atoms with Crippen LogP contribution in [0.15, 0.2) is 35.8 Å². The van der Waals surface area contributed by atoms with Gasteiger partial charge in [0.2, 0.25) is 11.8 Å². The van der Waals surface area contributed by atoms with E-state index in [2.05, 4.69) is 10.3 Å². The molecule has 1 N–H and O–H groups in total. The first kappa shape index (κ1) is 15.6. The number of hydrogen-bond acceptors (Lipinski definition) is 4. The van der Waals surface area contributed by atoms with E-state index in [0.717, 1.165) is 0 Å². The van der Waals surface area contributed by atoms with E-state index in [1.165, 1.54) is 28.4 Å². The van der Waals surface area contributed by atoms with Crippen LogP contribution in [0.25, 0.3) is 0 Å². The van der Waals surface area contributed by atoms with E-state index in [0.29, 0.717) is 23.5 Å². The lowest BCUT2D eigenvalue weighted by molar-refractivity contribution is -0.140. The molecule has 7 heteroatoms. The molecule has 0 bridgehead atoms. The van der Waals surface area contributed by atoms with E-state index in [1.54, 1.807) is 30.8 Å². The summed E-state index contributed by atoms with van der Waals surface area (Å²) in [5, 5.41) is 5.07. The summed E-state index contributed by atoms with van der Waals surface area (Å²) in [6.45, 7) is 0. The predicted octanol–water partition coefficient (Wildman–Crippen LogP) is 2.83. The monoisotopic (exact) mass is 333 g/mol. The maximum Gasteiger partial charge on any atom is 0.231 e. The average Bonchev–Trinajstić information content (AvgIpc) is 3.02. The standard InChI is InChI=1S/C16H16FN3O2S/c1-20-13(21)6-5-12(15(22)19-16-18-7-8-23-16)14(20)10-3-2-4-11(17)9-10/h2-4,7-9,12,14H,5-6H2,1H3,(H,18,19,22)/t12-,14-/m1/s1. The Morgan fingerprint density at radius 3 is 3.00 bits per heavy atom. The fourth-order valence-electron chi connectivity index (χ4n) is 2.94. The number of benzene rings is 1. The highest BCUT2D eigenvalue weighted by molar-refractivity contribution is 7.13. The van der Waals surface area contributed by atoms with Crippen LogP contribution < -0.4 is 5.32 Å². The Kier molecular flexibility index (Phi) is 4.38. The lowest BCUT2D eigenvalue weighted by Gasteiger charge is -2.38. The lowest BCUT2D eigenvalue weighted by Crippen LogP contribution is -2.44. The zero-order valence-corrected chi connectivity index (χ0v) is 13.3. The van der Waals surface area contributed by atoms with Crippen LogP contribution >= 0.6 is 11.3 Å². The summed E-state index contributed by atoms with van der Waals surface area (Å²) in [7, 11) is 1.65. The first-order valence-electron chi connectivity index (χ1n) is 7.28. The number of carbonyl (C=O) groups is 2. The van der Waals surface area contributed by atoms with Crippen LogP contribution in [0.4, 0.5) is 9.52 Å². The van der Waals surface area contributed by atoms with Crippen molar-refractivity contribution < 1.29 is 14.0 Å². The molecule has 23 heavy (non-hydrogen) atoms. The molecular formula is C16H16FN3O2S. The smallest absolute Gasteiger partial charge is 0.231 e. The summed E-state index contributed by atoms with van der Waals surface area (Å²) in [6.07, 6.45) is 2.35. The Bertz CT molecular complexity index is 720.